The lowest BCUT2D eigenvalue weighted by Gasteiger charge is -2.17. The molecule has 0 saturated heterocycles. The molecule has 1 aromatic carbocycles. The molecule has 0 radical (unpaired) electrons. The first-order chi connectivity index (χ1) is 9.83. The molecule has 0 fully saturated rings. The zero-order valence-corrected chi connectivity index (χ0v) is 12.3. The van der Waals surface area contributed by atoms with Gasteiger partial charge in [-0.25, -0.2) is 0 Å². The van der Waals surface area contributed by atoms with Gasteiger partial charge in [0.1, 0.15) is 0 Å². The molecule has 0 saturated carbocycles. The van der Waals surface area contributed by atoms with Crippen LogP contribution in [0.25, 0.3) is 0 Å². The standard InChI is InChI=1S/C16H23N3O/c1-3-8-15-18-16(20-19-15)12-14(17-11-4-2)13-9-6-5-7-10-13/h5-7,9-10,14,17H,3-4,8,11-12H2,1-2H3. The summed E-state index contributed by atoms with van der Waals surface area (Å²) in [5.74, 6) is 1.52. The molecule has 1 aromatic heterocycles. The molecular weight excluding hydrogens is 250 g/mol. The van der Waals surface area contributed by atoms with Crippen molar-refractivity contribution in [2.75, 3.05) is 6.54 Å². The highest BCUT2D eigenvalue weighted by Gasteiger charge is 2.15. The first-order valence-electron chi connectivity index (χ1n) is 7.43. The van der Waals surface area contributed by atoms with Gasteiger partial charge in [0.05, 0.1) is 0 Å². The largest absolute Gasteiger partial charge is 0.339 e. The molecule has 4 nitrogen and oxygen atoms in total. The monoisotopic (exact) mass is 273 g/mol. The fourth-order valence-electron chi connectivity index (χ4n) is 2.18. The lowest BCUT2D eigenvalue weighted by molar-refractivity contribution is 0.354. The number of nitrogens with one attached hydrogen (secondary N) is 1. The molecule has 108 valence electrons. The van der Waals surface area contributed by atoms with Crippen LogP contribution in [0.15, 0.2) is 34.9 Å². The van der Waals surface area contributed by atoms with Crippen LogP contribution in [-0.4, -0.2) is 16.7 Å². The average molecular weight is 273 g/mol. The summed E-state index contributed by atoms with van der Waals surface area (Å²) < 4.78 is 5.35. The van der Waals surface area contributed by atoms with Crippen LogP contribution in [0.4, 0.5) is 0 Å². The van der Waals surface area contributed by atoms with Gasteiger partial charge in [0.15, 0.2) is 5.82 Å². The maximum atomic E-state index is 5.35. The molecule has 2 rings (SSSR count). The van der Waals surface area contributed by atoms with Crippen molar-refractivity contribution in [1.29, 1.82) is 0 Å². The maximum Gasteiger partial charge on any atom is 0.228 e. The summed E-state index contributed by atoms with van der Waals surface area (Å²) in [6.45, 7) is 5.27. The molecule has 2 aromatic rings. The Bertz CT molecular complexity index is 495. The van der Waals surface area contributed by atoms with E-state index < -0.39 is 0 Å². The van der Waals surface area contributed by atoms with Gasteiger partial charge >= 0.3 is 0 Å². The molecule has 20 heavy (non-hydrogen) atoms. The Labute approximate surface area is 120 Å². The molecular formula is C16H23N3O. The van der Waals surface area contributed by atoms with Gasteiger partial charge in [-0.15, -0.1) is 0 Å². The number of aryl methyl sites for hydroxylation is 1. The van der Waals surface area contributed by atoms with Crippen molar-refractivity contribution in [3.63, 3.8) is 0 Å². The summed E-state index contributed by atoms with van der Waals surface area (Å²) >= 11 is 0. The van der Waals surface area contributed by atoms with Gasteiger partial charge in [-0.3, -0.25) is 0 Å². The van der Waals surface area contributed by atoms with Crippen molar-refractivity contribution in [2.45, 2.75) is 45.6 Å². The van der Waals surface area contributed by atoms with E-state index in [1.165, 1.54) is 5.56 Å². The van der Waals surface area contributed by atoms with Crippen molar-refractivity contribution < 1.29 is 4.52 Å². The summed E-state index contributed by atoms with van der Waals surface area (Å²) in [5.41, 5.74) is 1.26. The number of nitrogens with zero attached hydrogens (tertiary/aromatic N) is 2. The Morgan fingerprint density at radius 1 is 1.15 bits per heavy atom. The lowest BCUT2D eigenvalue weighted by Crippen LogP contribution is -2.24. The minimum absolute atomic E-state index is 0.228. The summed E-state index contributed by atoms with van der Waals surface area (Å²) in [5, 5.41) is 7.57. The molecule has 1 atom stereocenters. The van der Waals surface area contributed by atoms with Crippen LogP contribution in [-0.2, 0) is 12.8 Å². The fraction of sp³-hybridized carbons (Fsp3) is 0.500. The lowest BCUT2D eigenvalue weighted by atomic mass is 10.0. The second-order valence-electron chi connectivity index (χ2n) is 4.98. The second kappa shape index (κ2) is 7.80. The topological polar surface area (TPSA) is 51.0 Å². The molecule has 1 unspecified atom stereocenters. The number of aromatic nitrogens is 2. The zero-order chi connectivity index (χ0) is 14.2. The van der Waals surface area contributed by atoms with Gasteiger partial charge < -0.3 is 9.84 Å². The highest BCUT2D eigenvalue weighted by atomic mass is 16.5. The van der Waals surface area contributed by atoms with E-state index in [1.807, 2.05) is 6.07 Å². The maximum absolute atomic E-state index is 5.35. The third-order valence-corrected chi connectivity index (χ3v) is 3.21. The predicted octanol–water partition coefficient (Wildman–Crippen LogP) is 3.31. The Hall–Kier alpha value is -1.68. The summed E-state index contributed by atoms with van der Waals surface area (Å²) in [6.07, 6.45) is 3.76. The van der Waals surface area contributed by atoms with Crippen LogP contribution in [0.2, 0.25) is 0 Å². The number of benzene rings is 1. The second-order valence-corrected chi connectivity index (χ2v) is 4.98. The third-order valence-electron chi connectivity index (χ3n) is 3.21. The van der Waals surface area contributed by atoms with Crippen LogP contribution in [0.3, 0.4) is 0 Å². The zero-order valence-electron chi connectivity index (χ0n) is 12.3. The molecule has 0 aliphatic heterocycles. The van der Waals surface area contributed by atoms with Crippen molar-refractivity contribution in [3.05, 3.63) is 47.6 Å². The van der Waals surface area contributed by atoms with Crippen LogP contribution >= 0.6 is 0 Å². The number of rotatable bonds is 8. The minimum Gasteiger partial charge on any atom is -0.339 e. The number of hydrogen-bond acceptors (Lipinski definition) is 4. The van der Waals surface area contributed by atoms with E-state index >= 15 is 0 Å². The van der Waals surface area contributed by atoms with Gasteiger partial charge in [0, 0.05) is 18.9 Å². The fourth-order valence-corrected chi connectivity index (χ4v) is 2.18. The first-order valence-corrected chi connectivity index (χ1v) is 7.43. The van der Waals surface area contributed by atoms with E-state index in [2.05, 4.69) is 53.6 Å². The Morgan fingerprint density at radius 2 is 1.95 bits per heavy atom. The minimum atomic E-state index is 0.228. The number of hydrogen-bond donors (Lipinski definition) is 1. The van der Waals surface area contributed by atoms with Gasteiger partial charge in [0.2, 0.25) is 5.89 Å². The molecule has 0 aliphatic rings. The molecule has 0 bridgehead atoms. The Balaban J connectivity index is 2.06. The highest BCUT2D eigenvalue weighted by molar-refractivity contribution is 5.19. The van der Waals surface area contributed by atoms with Gasteiger partial charge in [-0.2, -0.15) is 4.98 Å². The normalized spacial score (nSPS) is 12.5. The molecule has 1 heterocycles. The van der Waals surface area contributed by atoms with Crippen LogP contribution in [0, 0.1) is 0 Å². The first kappa shape index (κ1) is 14.7. The molecule has 1 N–H and O–H groups in total. The van der Waals surface area contributed by atoms with Crippen LogP contribution < -0.4 is 5.32 Å². The summed E-state index contributed by atoms with van der Waals surface area (Å²) in [4.78, 5) is 4.46. The van der Waals surface area contributed by atoms with Crippen molar-refractivity contribution in [2.24, 2.45) is 0 Å². The van der Waals surface area contributed by atoms with Crippen LogP contribution in [0.1, 0.15) is 50.0 Å². The molecule has 4 heteroatoms. The van der Waals surface area contributed by atoms with Crippen molar-refractivity contribution in [1.82, 2.24) is 15.5 Å². The van der Waals surface area contributed by atoms with E-state index in [9.17, 15) is 0 Å². The van der Waals surface area contributed by atoms with Crippen molar-refractivity contribution >= 4 is 0 Å². The smallest absolute Gasteiger partial charge is 0.228 e. The van der Waals surface area contributed by atoms with Crippen molar-refractivity contribution in [3.8, 4) is 0 Å². The van der Waals surface area contributed by atoms with E-state index in [0.717, 1.165) is 38.1 Å². The van der Waals surface area contributed by atoms with E-state index in [4.69, 9.17) is 4.52 Å². The molecule has 0 spiro atoms. The van der Waals surface area contributed by atoms with Gasteiger partial charge in [-0.05, 0) is 24.9 Å². The Kier molecular flexibility index (Phi) is 5.74. The predicted molar refractivity (Wildman–Crippen MR) is 79.5 cm³/mol. The van der Waals surface area contributed by atoms with E-state index in [-0.39, 0.29) is 6.04 Å². The molecule has 0 aliphatic carbocycles. The van der Waals surface area contributed by atoms with E-state index in [1.54, 1.807) is 0 Å². The SMILES string of the molecule is CCCNC(Cc1nc(CCC)no1)c1ccccc1. The molecule has 0 amide bonds. The summed E-state index contributed by atoms with van der Waals surface area (Å²) in [6, 6.07) is 10.7. The summed E-state index contributed by atoms with van der Waals surface area (Å²) in [7, 11) is 0. The van der Waals surface area contributed by atoms with E-state index in [0.29, 0.717) is 5.89 Å². The Morgan fingerprint density at radius 3 is 2.65 bits per heavy atom. The third kappa shape index (κ3) is 4.17. The quantitative estimate of drug-likeness (QED) is 0.801. The van der Waals surface area contributed by atoms with Gasteiger partial charge in [-0.1, -0.05) is 49.3 Å². The highest BCUT2D eigenvalue weighted by Crippen LogP contribution is 2.17. The average Bonchev–Trinajstić information content (AvgIpc) is 2.92. The van der Waals surface area contributed by atoms with Crippen LogP contribution in [0.5, 0.6) is 0 Å². The van der Waals surface area contributed by atoms with Gasteiger partial charge in [0.25, 0.3) is 0 Å².